The summed E-state index contributed by atoms with van der Waals surface area (Å²) in [5, 5.41) is 4.65. The number of carbonyl (C=O) groups excluding carboxylic acids is 3. The largest absolute Gasteiger partial charge is 0.459 e. The number of hydrogen-bond donors (Lipinski definition) is 2. The molecule has 1 saturated heterocycles. The van der Waals surface area contributed by atoms with Crippen LogP contribution in [0.1, 0.15) is 28.1 Å². The highest BCUT2D eigenvalue weighted by Crippen LogP contribution is 2.37. The molecule has 2 aromatic carbocycles. The molecule has 1 atom stereocenters. The van der Waals surface area contributed by atoms with Crippen LogP contribution in [0.3, 0.4) is 0 Å². The Hall–Kier alpha value is -4.08. The number of nitrogens with one attached hydrogen (secondary N) is 2. The molecule has 0 bridgehead atoms. The zero-order valence-corrected chi connectivity index (χ0v) is 18.5. The number of furan rings is 1. The Morgan fingerprint density at radius 2 is 1.80 bits per heavy atom. The lowest BCUT2D eigenvalue weighted by Gasteiger charge is -2.18. The summed E-state index contributed by atoms with van der Waals surface area (Å²) in [6.45, 7) is 0.556. The Bertz CT molecular complexity index is 1210. The van der Waals surface area contributed by atoms with Gasteiger partial charge in [0.15, 0.2) is 5.76 Å². The van der Waals surface area contributed by atoms with E-state index in [4.69, 9.17) is 4.42 Å². The molecular formula is C25H22F3N3O4. The fraction of sp³-hybridized carbons (Fsp3) is 0.240. The lowest BCUT2D eigenvalue weighted by atomic mass is 10.1. The average Bonchev–Trinajstić information content (AvgIpc) is 3.49. The number of nitrogens with zero attached hydrogens (tertiary/aromatic N) is 1. The van der Waals surface area contributed by atoms with Crippen molar-refractivity contribution in [2.45, 2.75) is 19.0 Å². The summed E-state index contributed by atoms with van der Waals surface area (Å²) in [4.78, 5) is 38.7. The molecule has 3 amide bonds. The van der Waals surface area contributed by atoms with Crippen molar-refractivity contribution in [1.29, 1.82) is 0 Å². The normalized spacial score (nSPS) is 15.8. The van der Waals surface area contributed by atoms with Crippen LogP contribution in [0.5, 0.6) is 0 Å². The van der Waals surface area contributed by atoms with Crippen molar-refractivity contribution in [2.75, 3.05) is 23.7 Å². The molecule has 3 aromatic rings. The first-order valence-corrected chi connectivity index (χ1v) is 10.9. The Balaban J connectivity index is 1.42. The second-order valence-corrected chi connectivity index (χ2v) is 8.16. The zero-order valence-electron chi connectivity index (χ0n) is 18.5. The fourth-order valence-corrected chi connectivity index (χ4v) is 3.87. The van der Waals surface area contributed by atoms with Gasteiger partial charge in [-0.2, -0.15) is 13.2 Å². The second-order valence-electron chi connectivity index (χ2n) is 8.16. The molecule has 182 valence electrons. The van der Waals surface area contributed by atoms with E-state index in [9.17, 15) is 27.6 Å². The van der Waals surface area contributed by atoms with Crippen LogP contribution in [0.2, 0.25) is 0 Å². The van der Waals surface area contributed by atoms with Crippen molar-refractivity contribution < 1.29 is 32.0 Å². The third-order valence-corrected chi connectivity index (χ3v) is 5.68. The maximum Gasteiger partial charge on any atom is 0.418 e. The quantitative estimate of drug-likeness (QED) is 0.513. The number of rotatable bonds is 7. The van der Waals surface area contributed by atoms with E-state index in [1.54, 1.807) is 4.90 Å². The Labute approximate surface area is 198 Å². The van der Waals surface area contributed by atoms with Crippen LogP contribution >= 0.6 is 0 Å². The first-order chi connectivity index (χ1) is 16.7. The molecule has 1 aromatic heterocycles. The minimum atomic E-state index is -4.79. The molecule has 4 rings (SSSR count). The van der Waals surface area contributed by atoms with Crippen LogP contribution in [0, 0.1) is 5.92 Å². The number of carbonyl (C=O) groups is 3. The van der Waals surface area contributed by atoms with Crippen LogP contribution in [-0.2, 0) is 22.2 Å². The van der Waals surface area contributed by atoms with Crippen LogP contribution in [-0.4, -0.2) is 35.7 Å². The van der Waals surface area contributed by atoms with Gasteiger partial charge in [-0.1, -0.05) is 30.3 Å². The number of hydrogen-bond acceptors (Lipinski definition) is 4. The minimum absolute atomic E-state index is 0.0568. The maximum atomic E-state index is 13.7. The zero-order chi connectivity index (χ0) is 25.0. The molecule has 10 heteroatoms. The SMILES string of the molecule is O=C(Nc1ccc(NC(=O)C2CC(=O)N(CCc3ccccc3)C2)c(C(F)(F)F)c1)c1ccco1. The third kappa shape index (κ3) is 5.89. The monoisotopic (exact) mass is 485 g/mol. The average molecular weight is 485 g/mol. The van der Waals surface area contributed by atoms with Gasteiger partial charge in [0.2, 0.25) is 11.8 Å². The van der Waals surface area contributed by atoms with Gasteiger partial charge in [0.05, 0.1) is 23.4 Å². The molecule has 0 spiro atoms. The smallest absolute Gasteiger partial charge is 0.418 e. The van der Waals surface area contributed by atoms with Crippen LogP contribution < -0.4 is 10.6 Å². The van der Waals surface area contributed by atoms with Crippen molar-refractivity contribution in [3.05, 3.63) is 83.8 Å². The molecular weight excluding hydrogens is 463 g/mol. The van der Waals surface area contributed by atoms with Gasteiger partial charge in [0.1, 0.15) is 0 Å². The summed E-state index contributed by atoms with van der Waals surface area (Å²) in [5.74, 6) is -2.41. The Morgan fingerprint density at radius 1 is 1.03 bits per heavy atom. The van der Waals surface area contributed by atoms with Gasteiger partial charge in [-0.15, -0.1) is 0 Å². The highest BCUT2D eigenvalue weighted by atomic mass is 19.4. The van der Waals surface area contributed by atoms with E-state index in [0.717, 1.165) is 17.7 Å². The fourth-order valence-electron chi connectivity index (χ4n) is 3.87. The topological polar surface area (TPSA) is 91.7 Å². The van der Waals surface area contributed by atoms with Crippen molar-refractivity contribution in [1.82, 2.24) is 4.90 Å². The van der Waals surface area contributed by atoms with E-state index >= 15 is 0 Å². The Kier molecular flexibility index (Phi) is 6.90. The highest BCUT2D eigenvalue weighted by Gasteiger charge is 2.37. The molecule has 2 N–H and O–H groups in total. The lowest BCUT2D eigenvalue weighted by molar-refractivity contribution is -0.137. The predicted octanol–water partition coefficient (Wildman–Crippen LogP) is 4.58. The molecule has 7 nitrogen and oxygen atoms in total. The van der Waals surface area contributed by atoms with E-state index in [-0.39, 0.29) is 30.3 Å². The summed E-state index contributed by atoms with van der Waals surface area (Å²) in [5.41, 5.74) is -0.635. The van der Waals surface area contributed by atoms with Gasteiger partial charge in [-0.25, -0.2) is 0 Å². The molecule has 2 heterocycles. The minimum Gasteiger partial charge on any atom is -0.459 e. The van der Waals surface area contributed by atoms with Gasteiger partial charge in [-0.05, 0) is 42.3 Å². The summed E-state index contributed by atoms with van der Waals surface area (Å²) in [6, 6.07) is 15.5. The number of anilines is 2. The standard InChI is InChI=1S/C25H22F3N3O4/c26-25(27,28)19-14-18(29-24(34)21-7-4-12-35-21)8-9-20(19)30-23(33)17-13-22(32)31(15-17)11-10-16-5-2-1-3-6-16/h1-9,12,14,17H,10-11,13,15H2,(H,29,34)(H,30,33). The maximum absolute atomic E-state index is 13.7. The molecule has 0 saturated carbocycles. The molecule has 1 aliphatic heterocycles. The van der Waals surface area contributed by atoms with E-state index in [0.29, 0.717) is 13.0 Å². The molecule has 35 heavy (non-hydrogen) atoms. The van der Waals surface area contributed by atoms with Crippen molar-refractivity contribution >= 4 is 29.1 Å². The summed E-state index contributed by atoms with van der Waals surface area (Å²) in [7, 11) is 0. The van der Waals surface area contributed by atoms with E-state index in [1.807, 2.05) is 30.3 Å². The third-order valence-electron chi connectivity index (χ3n) is 5.68. The van der Waals surface area contributed by atoms with Crippen LogP contribution in [0.4, 0.5) is 24.5 Å². The highest BCUT2D eigenvalue weighted by molar-refractivity contribution is 6.03. The number of likely N-dealkylation sites (tertiary alicyclic amines) is 1. The van der Waals surface area contributed by atoms with Crippen molar-refractivity contribution in [3.63, 3.8) is 0 Å². The number of halogens is 3. The van der Waals surface area contributed by atoms with Crippen molar-refractivity contribution in [2.24, 2.45) is 5.92 Å². The number of amides is 3. The first-order valence-electron chi connectivity index (χ1n) is 10.9. The van der Waals surface area contributed by atoms with Crippen LogP contribution in [0.25, 0.3) is 0 Å². The van der Waals surface area contributed by atoms with E-state index < -0.39 is 35.2 Å². The van der Waals surface area contributed by atoms with Gasteiger partial charge >= 0.3 is 6.18 Å². The van der Waals surface area contributed by atoms with E-state index in [1.165, 1.54) is 24.5 Å². The van der Waals surface area contributed by atoms with Crippen molar-refractivity contribution in [3.8, 4) is 0 Å². The van der Waals surface area contributed by atoms with Gasteiger partial charge < -0.3 is 20.0 Å². The summed E-state index contributed by atoms with van der Waals surface area (Å²) < 4.78 is 46.1. The van der Waals surface area contributed by atoms with Crippen LogP contribution in [0.15, 0.2) is 71.3 Å². The predicted molar refractivity (Wildman–Crippen MR) is 122 cm³/mol. The Morgan fingerprint density at radius 3 is 2.49 bits per heavy atom. The second kappa shape index (κ2) is 10.0. The molecule has 0 aliphatic carbocycles. The molecule has 1 aliphatic rings. The van der Waals surface area contributed by atoms with Gasteiger partial charge in [0.25, 0.3) is 5.91 Å². The first kappa shape index (κ1) is 24.1. The molecule has 0 radical (unpaired) electrons. The lowest BCUT2D eigenvalue weighted by Crippen LogP contribution is -2.30. The van der Waals surface area contributed by atoms with E-state index in [2.05, 4.69) is 10.6 Å². The summed E-state index contributed by atoms with van der Waals surface area (Å²) >= 11 is 0. The molecule has 1 fully saturated rings. The number of benzene rings is 2. The summed E-state index contributed by atoms with van der Waals surface area (Å²) in [6.07, 6.45) is -2.98. The van der Waals surface area contributed by atoms with Gasteiger partial charge in [0, 0.05) is 25.2 Å². The number of alkyl halides is 3. The molecule has 1 unspecified atom stereocenters. The van der Waals surface area contributed by atoms with Gasteiger partial charge in [-0.3, -0.25) is 14.4 Å².